The average Bonchev–Trinajstić information content (AvgIpc) is 3.62. The van der Waals surface area contributed by atoms with E-state index < -0.39 is 36.9 Å². The van der Waals surface area contributed by atoms with E-state index in [9.17, 15) is 25.2 Å². The quantitative estimate of drug-likeness (QED) is 0.0951. The maximum Gasteiger partial charge on any atom is 0.277 e. The lowest BCUT2D eigenvalue weighted by Crippen LogP contribution is -2.50. The molecule has 1 aliphatic rings. The summed E-state index contributed by atoms with van der Waals surface area (Å²) in [5.41, 5.74) is 10.6. The van der Waals surface area contributed by atoms with Crippen LogP contribution in [0, 0.1) is 0 Å². The molecule has 238 valence electrons. The molecule has 1 saturated heterocycles. The number of nitrogens with two attached hydrogens (primary N) is 1. The second-order valence-electron chi connectivity index (χ2n) is 11.4. The zero-order chi connectivity index (χ0) is 31.5. The Morgan fingerprint density at radius 1 is 1.11 bits per heavy atom. The lowest BCUT2D eigenvalue weighted by atomic mass is 9.89. The Hall–Kier alpha value is -3.66. The van der Waals surface area contributed by atoms with Crippen molar-refractivity contribution in [3.63, 3.8) is 0 Å². The molecule has 0 saturated carbocycles. The fourth-order valence-electron chi connectivity index (χ4n) is 6.24. The van der Waals surface area contributed by atoms with Crippen LogP contribution in [0.15, 0.2) is 30.5 Å². The molecule has 1 aromatic carbocycles. The number of carbonyl (C=O) groups is 1. The second kappa shape index (κ2) is 13.5. The number of aliphatic hydroxyl groups excluding tert-OH is 5. The van der Waals surface area contributed by atoms with Crippen LogP contribution in [0.3, 0.4) is 0 Å². The smallest absolute Gasteiger partial charge is 0.277 e. The summed E-state index contributed by atoms with van der Waals surface area (Å²) in [7, 11) is 0. The molecule has 0 spiro atoms. The van der Waals surface area contributed by atoms with Gasteiger partial charge in [-0.3, -0.25) is 4.79 Å². The monoisotopic (exact) mass is 611 g/mol. The van der Waals surface area contributed by atoms with E-state index >= 15 is 0 Å². The minimum Gasteiger partial charge on any atom is -0.394 e. The van der Waals surface area contributed by atoms with Gasteiger partial charge in [-0.25, -0.2) is 19.1 Å². The van der Waals surface area contributed by atoms with E-state index in [4.69, 9.17) is 10.8 Å². The van der Waals surface area contributed by atoms with Crippen LogP contribution in [-0.4, -0.2) is 107 Å². The Bertz CT molecular complexity index is 1600. The highest BCUT2D eigenvalue weighted by molar-refractivity contribution is 5.98. The molecular weight excluding hydrogens is 568 g/mol. The topological polar surface area (TPSA) is 210 Å². The fraction of sp³-hybridized carbons (Fsp3) is 0.533. The predicted octanol–water partition coefficient (Wildman–Crippen LogP) is -0.633. The van der Waals surface area contributed by atoms with Gasteiger partial charge in [-0.05, 0) is 69.5 Å². The first-order valence-electron chi connectivity index (χ1n) is 15.2. The van der Waals surface area contributed by atoms with E-state index in [1.807, 2.05) is 4.90 Å². The van der Waals surface area contributed by atoms with Gasteiger partial charge in [-0.15, -0.1) is 0 Å². The van der Waals surface area contributed by atoms with Gasteiger partial charge in [0.1, 0.15) is 30.4 Å². The summed E-state index contributed by atoms with van der Waals surface area (Å²) in [5.74, 6) is 0.942. The number of aliphatic hydroxyl groups is 5. The summed E-state index contributed by atoms with van der Waals surface area (Å²) in [6.07, 6.45) is -2.55. The number of nitrogen functional groups attached to an aromatic ring is 1. The lowest BCUT2D eigenvalue weighted by molar-refractivity contribution is -0.676. The molecule has 0 aliphatic carbocycles. The normalized spacial score (nSPS) is 17.6. The highest BCUT2D eigenvalue weighted by Crippen LogP contribution is 2.30. The Kier molecular flexibility index (Phi) is 9.78. The largest absolute Gasteiger partial charge is 0.394 e. The van der Waals surface area contributed by atoms with E-state index in [1.54, 1.807) is 12.3 Å². The van der Waals surface area contributed by atoms with Crippen molar-refractivity contribution in [2.45, 2.75) is 76.7 Å². The highest BCUT2D eigenvalue weighted by Gasteiger charge is 2.33. The van der Waals surface area contributed by atoms with E-state index in [-0.39, 0.29) is 24.6 Å². The molecule has 4 unspecified atom stereocenters. The number of carbonyl (C=O) groups excluding carboxylic acids is 1. The van der Waals surface area contributed by atoms with Gasteiger partial charge >= 0.3 is 0 Å². The molecule has 5 rings (SSSR count). The molecule has 4 atom stereocenters. The van der Waals surface area contributed by atoms with Crippen molar-refractivity contribution in [1.29, 1.82) is 0 Å². The molecule has 0 radical (unpaired) electrons. The number of hydrogen-bond acceptors (Lipinski definition) is 10. The molecule has 4 aromatic rings. The van der Waals surface area contributed by atoms with Gasteiger partial charge in [0, 0.05) is 12.7 Å². The predicted molar refractivity (Wildman–Crippen MR) is 162 cm³/mol. The summed E-state index contributed by atoms with van der Waals surface area (Å²) in [4.78, 5) is 26.7. The van der Waals surface area contributed by atoms with Crippen LogP contribution < -0.4 is 15.6 Å². The van der Waals surface area contributed by atoms with Crippen molar-refractivity contribution in [1.82, 2.24) is 29.7 Å². The number of rotatable bonds is 12. The standard InChI is InChI=1S/C30H42N8O6/c1-3-37-20-6-5-18(17-8-11-36(12-9-17)15-22(40)26(42)27(43)23(41)16-39)13-21(20)38(4-2)24(37)14-33-30(44)25-28(31)35-29-19(34-25)7-10-32-29/h5-7,10,13,17,22-23,26-27,39-43H,3-4,8-9,11-12,14-16H2,1-2H3,(H3-,31,32,33,34,35,44)/p+1. The summed E-state index contributed by atoms with van der Waals surface area (Å²) >= 11 is 0. The van der Waals surface area contributed by atoms with Crippen LogP contribution >= 0.6 is 0 Å². The summed E-state index contributed by atoms with van der Waals surface area (Å²) < 4.78 is 4.41. The molecule has 14 nitrogen and oxygen atoms in total. The van der Waals surface area contributed by atoms with E-state index in [0.29, 0.717) is 36.7 Å². The maximum absolute atomic E-state index is 13.1. The number of aryl methyl sites for hydroxylation is 2. The van der Waals surface area contributed by atoms with Crippen LogP contribution in [-0.2, 0) is 19.6 Å². The molecule has 1 aliphatic heterocycles. The Labute approximate surface area is 254 Å². The van der Waals surface area contributed by atoms with Crippen molar-refractivity contribution in [3.8, 4) is 0 Å². The van der Waals surface area contributed by atoms with Crippen LogP contribution in [0.5, 0.6) is 0 Å². The first-order valence-corrected chi connectivity index (χ1v) is 15.2. The van der Waals surface area contributed by atoms with Crippen LogP contribution in [0.2, 0.25) is 0 Å². The summed E-state index contributed by atoms with van der Waals surface area (Å²) in [6.45, 7) is 6.73. The zero-order valence-corrected chi connectivity index (χ0v) is 25.1. The third-order valence-corrected chi connectivity index (χ3v) is 8.70. The van der Waals surface area contributed by atoms with Gasteiger partial charge in [0.05, 0.1) is 25.8 Å². The number of benzene rings is 1. The van der Waals surface area contributed by atoms with Crippen LogP contribution in [0.1, 0.15) is 54.5 Å². The molecule has 44 heavy (non-hydrogen) atoms. The molecular formula is C30H43N8O6+. The van der Waals surface area contributed by atoms with E-state index in [1.165, 1.54) is 5.56 Å². The SMILES string of the molecule is CCn1c(CNC(=O)c2nc3cc[nH]c3nc2N)[n+](CC)c2ccc(C3CCN(CC(O)C(O)C(O)C(O)CO)CC3)cc21. The van der Waals surface area contributed by atoms with Gasteiger partial charge < -0.3 is 46.5 Å². The van der Waals surface area contributed by atoms with Crippen molar-refractivity contribution in [2.75, 3.05) is 32.0 Å². The summed E-state index contributed by atoms with van der Waals surface area (Å²) in [5, 5.41) is 52.1. The van der Waals surface area contributed by atoms with E-state index in [2.05, 4.69) is 61.4 Å². The van der Waals surface area contributed by atoms with Gasteiger partial charge in [0.25, 0.3) is 11.7 Å². The molecule has 1 amide bonds. The van der Waals surface area contributed by atoms with Gasteiger partial charge in [-0.1, -0.05) is 6.07 Å². The first-order chi connectivity index (χ1) is 21.2. The number of β-amino-alcohol motifs (C(OH)–C–C–N with tert-alkyl or cyclic N) is 1. The van der Waals surface area contributed by atoms with E-state index in [0.717, 1.165) is 36.2 Å². The molecule has 0 bridgehead atoms. The molecule has 1 fully saturated rings. The van der Waals surface area contributed by atoms with Crippen molar-refractivity contribution in [3.05, 3.63) is 47.5 Å². The maximum atomic E-state index is 13.1. The van der Waals surface area contributed by atoms with Crippen molar-refractivity contribution < 1.29 is 34.9 Å². The van der Waals surface area contributed by atoms with Gasteiger partial charge in [-0.2, -0.15) is 0 Å². The average molecular weight is 612 g/mol. The van der Waals surface area contributed by atoms with Crippen LogP contribution in [0.25, 0.3) is 22.2 Å². The Balaban J connectivity index is 1.28. The number of amides is 1. The van der Waals surface area contributed by atoms with Gasteiger partial charge in [0.15, 0.2) is 28.2 Å². The number of likely N-dealkylation sites (tertiary alicyclic amines) is 1. The number of hydrogen-bond donors (Lipinski definition) is 8. The number of imidazole rings is 1. The van der Waals surface area contributed by atoms with Crippen LogP contribution in [0.4, 0.5) is 5.82 Å². The second-order valence-corrected chi connectivity index (χ2v) is 11.4. The zero-order valence-electron chi connectivity index (χ0n) is 25.1. The highest BCUT2D eigenvalue weighted by atomic mass is 16.4. The first kappa shape index (κ1) is 31.8. The Morgan fingerprint density at radius 3 is 2.52 bits per heavy atom. The van der Waals surface area contributed by atoms with Crippen molar-refractivity contribution in [2.24, 2.45) is 0 Å². The molecule has 14 heteroatoms. The fourth-order valence-corrected chi connectivity index (χ4v) is 6.24. The number of piperidine rings is 1. The minimum atomic E-state index is -1.63. The minimum absolute atomic E-state index is 0.0660. The van der Waals surface area contributed by atoms with Crippen molar-refractivity contribution >= 4 is 33.9 Å². The number of fused-ring (bicyclic) bond motifs is 2. The number of H-pyrrole nitrogens is 1. The third kappa shape index (κ3) is 6.27. The van der Waals surface area contributed by atoms with Gasteiger partial charge in [0.2, 0.25) is 0 Å². The Morgan fingerprint density at radius 2 is 1.84 bits per heavy atom. The number of aromatic nitrogens is 5. The third-order valence-electron chi connectivity index (χ3n) is 8.70. The number of anilines is 1. The molecule has 9 N–H and O–H groups in total. The molecule has 3 aromatic heterocycles. The number of aromatic amines is 1. The summed E-state index contributed by atoms with van der Waals surface area (Å²) in [6, 6.07) is 8.26. The number of nitrogens with one attached hydrogen (secondary N) is 2. The molecule has 4 heterocycles. The number of nitrogens with zero attached hydrogens (tertiary/aromatic N) is 5. The lowest BCUT2D eigenvalue weighted by Gasteiger charge is -2.35.